The lowest BCUT2D eigenvalue weighted by molar-refractivity contribution is 0.0699. The molecule has 0 radical (unpaired) electrons. The first-order chi connectivity index (χ1) is 5.20. The molecular formula is C8H16N2O. The van der Waals surface area contributed by atoms with Gasteiger partial charge in [-0.2, -0.15) is 0 Å². The third kappa shape index (κ3) is 1.55. The van der Waals surface area contributed by atoms with E-state index in [2.05, 4.69) is 17.3 Å². The van der Waals surface area contributed by atoms with Gasteiger partial charge < -0.3 is 10.4 Å². The molecule has 0 bridgehead atoms. The third-order valence-electron chi connectivity index (χ3n) is 2.75. The molecule has 0 atom stereocenters. The summed E-state index contributed by atoms with van der Waals surface area (Å²) in [6, 6.07) is 0.666. The molecule has 0 spiro atoms. The van der Waals surface area contributed by atoms with Crippen molar-refractivity contribution in [3.63, 3.8) is 0 Å². The number of likely N-dealkylation sites (N-methyl/N-ethyl adjacent to an activating group) is 1. The first-order valence-corrected chi connectivity index (χ1v) is 4.33. The van der Waals surface area contributed by atoms with Crippen LogP contribution in [0.25, 0.3) is 0 Å². The van der Waals surface area contributed by atoms with Gasteiger partial charge >= 0.3 is 0 Å². The highest BCUT2D eigenvalue weighted by Crippen LogP contribution is 2.35. The maximum absolute atomic E-state index is 9.61. The summed E-state index contributed by atoms with van der Waals surface area (Å²) in [6.07, 6.45) is 2.00. The van der Waals surface area contributed by atoms with Gasteiger partial charge in [0.2, 0.25) is 0 Å². The van der Waals surface area contributed by atoms with Crippen molar-refractivity contribution in [2.45, 2.75) is 24.5 Å². The molecule has 2 rings (SSSR count). The zero-order chi connectivity index (χ0) is 7.90. The van der Waals surface area contributed by atoms with Crippen LogP contribution in [0.2, 0.25) is 0 Å². The smallest absolute Gasteiger partial charge is 0.0776 e. The van der Waals surface area contributed by atoms with Crippen LogP contribution in [0.1, 0.15) is 12.8 Å². The molecule has 64 valence electrons. The summed E-state index contributed by atoms with van der Waals surface area (Å²) in [4.78, 5) is 2.27. The summed E-state index contributed by atoms with van der Waals surface area (Å²) >= 11 is 0. The second kappa shape index (κ2) is 2.44. The minimum absolute atomic E-state index is 0.315. The number of nitrogens with one attached hydrogen (secondary N) is 1. The monoisotopic (exact) mass is 156 g/mol. The molecular weight excluding hydrogens is 140 g/mol. The van der Waals surface area contributed by atoms with E-state index in [4.69, 9.17) is 0 Å². The highest BCUT2D eigenvalue weighted by molar-refractivity contribution is 4.97. The van der Waals surface area contributed by atoms with Crippen LogP contribution in [-0.4, -0.2) is 48.3 Å². The highest BCUT2D eigenvalue weighted by atomic mass is 16.3. The topological polar surface area (TPSA) is 35.5 Å². The molecule has 2 aliphatic rings. The van der Waals surface area contributed by atoms with Crippen LogP contribution in [0.4, 0.5) is 0 Å². The van der Waals surface area contributed by atoms with E-state index in [-0.39, 0.29) is 5.60 Å². The van der Waals surface area contributed by atoms with Gasteiger partial charge in [0, 0.05) is 25.7 Å². The summed E-state index contributed by atoms with van der Waals surface area (Å²) in [5.74, 6) is 0. The number of rotatable bonds is 3. The van der Waals surface area contributed by atoms with E-state index in [0.717, 1.165) is 32.5 Å². The Kier molecular flexibility index (Phi) is 1.67. The Hall–Kier alpha value is -0.120. The summed E-state index contributed by atoms with van der Waals surface area (Å²) in [5.41, 5.74) is -0.315. The average molecular weight is 156 g/mol. The second-order valence-corrected chi connectivity index (χ2v) is 3.95. The minimum Gasteiger partial charge on any atom is -0.389 e. The summed E-state index contributed by atoms with van der Waals surface area (Å²) in [6.45, 7) is 3.04. The van der Waals surface area contributed by atoms with Gasteiger partial charge in [-0.1, -0.05) is 0 Å². The van der Waals surface area contributed by atoms with E-state index in [0.29, 0.717) is 6.04 Å². The van der Waals surface area contributed by atoms with Crippen molar-refractivity contribution in [3.05, 3.63) is 0 Å². The van der Waals surface area contributed by atoms with Gasteiger partial charge in [0.1, 0.15) is 0 Å². The standard InChI is InChI=1S/C8H16N2O/c1-10(7-4-9-5-7)6-8(11)2-3-8/h7,9,11H,2-6H2,1H3. The predicted molar refractivity (Wildman–Crippen MR) is 43.5 cm³/mol. The Bertz CT molecular complexity index is 152. The molecule has 1 saturated heterocycles. The normalized spacial score (nSPS) is 28.6. The lowest BCUT2D eigenvalue weighted by Gasteiger charge is -2.36. The Balaban J connectivity index is 1.76. The largest absolute Gasteiger partial charge is 0.389 e. The van der Waals surface area contributed by atoms with Crippen LogP contribution in [0, 0.1) is 0 Å². The fourth-order valence-corrected chi connectivity index (χ4v) is 1.48. The Labute approximate surface area is 67.4 Å². The van der Waals surface area contributed by atoms with Crippen molar-refractivity contribution < 1.29 is 5.11 Å². The first kappa shape index (κ1) is 7.53. The van der Waals surface area contributed by atoms with Crippen LogP contribution in [0.15, 0.2) is 0 Å². The highest BCUT2D eigenvalue weighted by Gasteiger charge is 2.42. The predicted octanol–water partition coefficient (Wildman–Crippen LogP) is -0.585. The van der Waals surface area contributed by atoms with Gasteiger partial charge in [-0.15, -0.1) is 0 Å². The molecule has 0 aromatic carbocycles. The van der Waals surface area contributed by atoms with Crippen LogP contribution < -0.4 is 5.32 Å². The lowest BCUT2D eigenvalue weighted by Crippen LogP contribution is -2.57. The number of nitrogens with zero attached hydrogens (tertiary/aromatic N) is 1. The number of hydrogen-bond acceptors (Lipinski definition) is 3. The third-order valence-corrected chi connectivity index (χ3v) is 2.75. The van der Waals surface area contributed by atoms with Gasteiger partial charge in [0.05, 0.1) is 5.60 Å². The second-order valence-electron chi connectivity index (χ2n) is 3.95. The maximum Gasteiger partial charge on any atom is 0.0776 e. The molecule has 0 aromatic rings. The van der Waals surface area contributed by atoms with E-state index in [1.807, 2.05) is 0 Å². The molecule has 11 heavy (non-hydrogen) atoms. The molecule has 1 saturated carbocycles. The fraction of sp³-hybridized carbons (Fsp3) is 1.00. The van der Waals surface area contributed by atoms with E-state index < -0.39 is 0 Å². The quantitative estimate of drug-likeness (QED) is 0.573. The zero-order valence-corrected chi connectivity index (χ0v) is 7.01. The Morgan fingerprint density at radius 2 is 2.18 bits per heavy atom. The van der Waals surface area contributed by atoms with Crippen LogP contribution in [0.5, 0.6) is 0 Å². The molecule has 0 aromatic heterocycles. The van der Waals surface area contributed by atoms with Crippen LogP contribution in [-0.2, 0) is 0 Å². The molecule has 2 N–H and O–H groups in total. The van der Waals surface area contributed by atoms with Crippen molar-refractivity contribution in [1.29, 1.82) is 0 Å². The van der Waals surface area contributed by atoms with Gasteiger partial charge in [0.15, 0.2) is 0 Å². The fourth-order valence-electron chi connectivity index (χ4n) is 1.48. The molecule has 1 heterocycles. The molecule has 1 aliphatic heterocycles. The van der Waals surface area contributed by atoms with Gasteiger partial charge in [0.25, 0.3) is 0 Å². The van der Waals surface area contributed by atoms with Crippen molar-refractivity contribution in [2.24, 2.45) is 0 Å². The molecule has 0 unspecified atom stereocenters. The molecule has 0 amide bonds. The van der Waals surface area contributed by atoms with E-state index in [1.54, 1.807) is 0 Å². The Morgan fingerprint density at radius 3 is 2.55 bits per heavy atom. The lowest BCUT2D eigenvalue weighted by atomic mass is 10.1. The zero-order valence-electron chi connectivity index (χ0n) is 7.01. The maximum atomic E-state index is 9.61. The van der Waals surface area contributed by atoms with Crippen LogP contribution >= 0.6 is 0 Å². The molecule has 2 fully saturated rings. The number of aliphatic hydroxyl groups is 1. The molecule has 3 heteroatoms. The van der Waals surface area contributed by atoms with Crippen molar-refractivity contribution in [2.75, 3.05) is 26.7 Å². The van der Waals surface area contributed by atoms with Crippen molar-refractivity contribution in [1.82, 2.24) is 10.2 Å². The van der Waals surface area contributed by atoms with Gasteiger partial charge in [-0.25, -0.2) is 0 Å². The summed E-state index contributed by atoms with van der Waals surface area (Å²) < 4.78 is 0. The first-order valence-electron chi connectivity index (χ1n) is 4.33. The van der Waals surface area contributed by atoms with E-state index in [1.165, 1.54) is 0 Å². The van der Waals surface area contributed by atoms with Crippen LogP contribution in [0.3, 0.4) is 0 Å². The summed E-state index contributed by atoms with van der Waals surface area (Å²) in [5, 5.41) is 12.8. The molecule has 1 aliphatic carbocycles. The summed E-state index contributed by atoms with van der Waals surface area (Å²) in [7, 11) is 2.10. The van der Waals surface area contributed by atoms with E-state index in [9.17, 15) is 5.11 Å². The Morgan fingerprint density at radius 1 is 1.55 bits per heavy atom. The van der Waals surface area contributed by atoms with Gasteiger partial charge in [-0.05, 0) is 19.9 Å². The average Bonchev–Trinajstić information content (AvgIpc) is 2.41. The van der Waals surface area contributed by atoms with Crippen molar-refractivity contribution >= 4 is 0 Å². The number of hydrogen-bond donors (Lipinski definition) is 2. The van der Waals surface area contributed by atoms with Gasteiger partial charge in [-0.3, -0.25) is 4.90 Å². The minimum atomic E-state index is -0.315. The SMILES string of the molecule is CN(CC1(O)CC1)C1CNC1. The molecule has 3 nitrogen and oxygen atoms in total. The van der Waals surface area contributed by atoms with Crippen molar-refractivity contribution in [3.8, 4) is 0 Å². The van der Waals surface area contributed by atoms with E-state index >= 15 is 0 Å².